The molecule has 1 aromatic carbocycles. The number of ketones is 1. The normalized spacial score (nSPS) is 27.4. The standard InChI is InChI=1S/C44H62N4O10/c1-27(2)37-41(54)46-38(31-18-14-19-32(50)26-31)42(55)48-25-15-20-34(47-48)43(56)57-35(28(3)17-13-22-36(51)58-44(6,7)8)21-12-10-9-11-16-29(4)39(52)33(40(53)45-37)24-23-30(5)49/h9-14,17-19,22,26-27,29,33-35,37-39,47,50,52H,15-16,20-21,23-25H2,1-8H3,(H,45,53)(H,46,54)/b11-9+,12-10+,22-13+,28-17+/t29-,33+,34?,35-,37-,38?,39+/m0/s1. The molecule has 1 aromatic rings. The van der Waals surface area contributed by atoms with Gasteiger partial charge in [-0.2, -0.15) is 0 Å². The largest absolute Gasteiger partial charge is 0.508 e. The SMILES string of the molecule is CC(=O)CC[C@H]1C(=O)N[C@@H](C(C)C)C(=O)NC(c2cccc(O)c2)C(=O)N2CCCC(N2)C(=O)O[C@H](/C(C)=C/C=C/C(=O)OC(C)(C)C)C/C=C/C=C/C[C@H](C)[C@H]1O. The Hall–Kier alpha value is -5.08. The fourth-order valence-corrected chi connectivity index (χ4v) is 6.57. The van der Waals surface area contributed by atoms with Crippen LogP contribution in [0.2, 0.25) is 0 Å². The summed E-state index contributed by atoms with van der Waals surface area (Å²) in [5.74, 6) is -5.23. The van der Waals surface area contributed by atoms with E-state index in [1.54, 1.807) is 72.8 Å². The first-order valence-corrected chi connectivity index (χ1v) is 20.0. The van der Waals surface area contributed by atoms with E-state index >= 15 is 0 Å². The van der Waals surface area contributed by atoms with Crippen LogP contribution in [0.1, 0.15) is 106 Å². The number of hydrogen-bond donors (Lipinski definition) is 5. The van der Waals surface area contributed by atoms with Crippen molar-refractivity contribution < 1.29 is 48.5 Å². The van der Waals surface area contributed by atoms with Crippen molar-refractivity contribution in [2.45, 2.75) is 130 Å². The average Bonchev–Trinajstić information content (AvgIpc) is 3.14. The van der Waals surface area contributed by atoms with E-state index in [-0.39, 0.29) is 42.9 Å². The molecule has 0 saturated carbocycles. The third kappa shape index (κ3) is 15.0. The maximum Gasteiger partial charge on any atom is 0.331 e. The zero-order chi connectivity index (χ0) is 43.2. The summed E-state index contributed by atoms with van der Waals surface area (Å²) in [5.41, 5.74) is 3.22. The number of amides is 3. The lowest BCUT2D eigenvalue weighted by Gasteiger charge is -2.36. The number of esters is 2. The van der Waals surface area contributed by atoms with E-state index < -0.39 is 83.3 Å². The van der Waals surface area contributed by atoms with Crippen LogP contribution in [0.5, 0.6) is 5.75 Å². The van der Waals surface area contributed by atoms with E-state index in [9.17, 15) is 39.0 Å². The second-order valence-corrected chi connectivity index (χ2v) is 16.5. The van der Waals surface area contributed by atoms with Crippen LogP contribution in [0.25, 0.3) is 0 Å². The Morgan fingerprint density at radius 3 is 2.36 bits per heavy atom. The van der Waals surface area contributed by atoms with E-state index in [1.807, 2.05) is 12.2 Å². The number of fused-ring (bicyclic) bond motifs is 2. The number of aromatic hydroxyl groups is 1. The monoisotopic (exact) mass is 806 g/mol. The lowest BCUT2D eigenvalue weighted by Crippen LogP contribution is -2.59. The van der Waals surface area contributed by atoms with Crippen molar-refractivity contribution in [2.24, 2.45) is 17.8 Å². The van der Waals surface area contributed by atoms with Crippen LogP contribution in [0.15, 0.2) is 72.4 Å². The molecule has 2 aliphatic rings. The molecule has 0 radical (unpaired) electrons. The number of cyclic esters (lactones) is 1. The highest BCUT2D eigenvalue weighted by Crippen LogP contribution is 2.25. The zero-order valence-corrected chi connectivity index (χ0v) is 35.0. The van der Waals surface area contributed by atoms with Crippen molar-refractivity contribution in [3.63, 3.8) is 0 Å². The minimum absolute atomic E-state index is 0.0489. The molecule has 7 atom stereocenters. The predicted octanol–water partition coefficient (Wildman–Crippen LogP) is 4.83. The van der Waals surface area contributed by atoms with Gasteiger partial charge in [0.15, 0.2) is 0 Å². The maximum atomic E-state index is 14.3. The van der Waals surface area contributed by atoms with Gasteiger partial charge in [-0.05, 0) is 95.4 Å². The van der Waals surface area contributed by atoms with Crippen LogP contribution in [0.4, 0.5) is 0 Å². The number of phenols is 1. The van der Waals surface area contributed by atoms with Crippen molar-refractivity contribution in [3.8, 4) is 5.75 Å². The van der Waals surface area contributed by atoms with E-state index in [1.165, 1.54) is 42.3 Å². The Labute approximate surface area is 342 Å². The van der Waals surface area contributed by atoms with Gasteiger partial charge in [-0.15, -0.1) is 0 Å². The fraction of sp³-hybridized carbons (Fsp3) is 0.545. The lowest BCUT2D eigenvalue weighted by atomic mass is 9.85. The number of rotatable bonds is 8. The Balaban J connectivity index is 2.05. The molecule has 318 valence electrons. The van der Waals surface area contributed by atoms with Gasteiger partial charge in [0.25, 0.3) is 5.91 Å². The van der Waals surface area contributed by atoms with Crippen molar-refractivity contribution in [1.82, 2.24) is 21.1 Å². The van der Waals surface area contributed by atoms with Crippen LogP contribution in [-0.4, -0.2) is 87.1 Å². The molecule has 58 heavy (non-hydrogen) atoms. The summed E-state index contributed by atoms with van der Waals surface area (Å²) < 4.78 is 11.4. The maximum absolute atomic E-state index is 14.3. The molecule has 0 aromatic heterocycles. The number of ether oxygens (including phenoxy) is 2. The first-order chi connectivity index (χ1) is 27.3. The molecule has 5 N–H and O–H groups in total. The van der Waals surface area contributed by atoms with Gasteiger partial charge in [0, 0.05) is 25.5 Å². The molecule has 0 aliphatic carbocycles. The summed E-state index contributed by atoms with van der Waals surface area (Å²) in [6.07, 6.45) is 11.3. The number of hydrazine groups is 1. The minimum atomic E-state index is -1.34. The Bertz CT molecular complexity index is 1740. The quantitative estimate of drug-likeness (QED) is 0.137. The molecule has 2 unspecified atom stereocenters. The first-order valence-electron chi connectivity index (χ1n) is 20.0. The number of carbonyl (C=O) groups excluding carboxylic acids is 6. The molecule has 3 rings (SSSR count). The Morgan fingerprint density at radius 2 is 1.72 bits per heavy atom. The summed E-state index contributed by atoms with van der Waals surface area (Å²) >= 11 is 0. The number of nitrogens with one attached hydrogen (secondary N) is 3. The van der Waals surface area contributed by atoms with Crippen LogP contribution in [-0.2, 0) is 38.2 Å². The van der Waals surface area contributed by atoms with Gasteiger partial charge >= 0.3 is 11.9 Å². The summed E-state index contributed by atoms with van der Waals surface area (Å²) in [7, 11) is 0. The number of aliphatic hydroxyl groups excluding tert-OH is 1. The van der Waals surface area contributed by atoms with Gasteiger partial charge in [-0.1, -0.05) is 69.4 Å². The van der Waals surface area contributed by atoms with Crippen molar-refractivity contribution in [3.05, 3.63) is 77.9 Å². The average molecular weight is 807 g/mol. The fourth-order valence-electron chi connectivity index (χ4n) is 6.57. The highest BCUT2D eigenvalue weighted by molar-refractivity contribution is 5.93. The van der Waals surface area contributed by atoms with Gasteiger partial charge < -0.3 is 35.1 Å². The molecule has 14 heteroatoms. The molecule has 1 fully saturated rings. The van der Waals surface area contributed by atoms with Crippen molar-refractivity contribution >= 4 is 35.4 Å². The number of nitrogens with zero attached hydrogens (tertiary/aromatic N) is 1. The number of phenolic OH excluding ortho intramolecular Hbond substituents is 1. The van der Waals surface area contributed by atoms with Crippen LogP contribution in [0, 0.1) is 17.8 Å². The first kappa shape index (κ1) is 47.3. The van der Waals surface area contributed by atoms with Gasteiger partial charge in [0.2, 0.25) is 11.8 Å². The highest BCUT2D eigenvalue weighted by atomic mass is 16.6. The smallest absolute Gasteiger partial charge is 0.331 e. The zero-order valence-electron chi connectivity index (χ0n) is 35.0. The van der Waals surface area contributed by atoms with E-state index in [0.29, 0.717) is 24.8 Å². The van der Waals surface area contributed by atoms with Gasteiger partial charge in [0.1, 0.15) is 41.4 Å². The molecule has 0 spiro atoms. The van der Waals surface area contributed by atoms with Crippen LogP contribution >= 0.6 is 0 Å². The van der Waals surface area contributed by atoms with Crippen molar-refractivity contribution in [2.75, 3.05) is 6.54 Å². The molecular formula is C44H62N4O10. The van der Waals surface area contributed by atoms with Gasteiger partial charge in [-0.25, -0.2) is 10.2 Å². The van der Waals surface area contributed by atoms with E-state index in [2.05, 4.69) is 16.1 Å². The highest BCUT2D eigenvalue weighted by Gasteiger charge is 2.38. The summed E-state index contributed by atoms with van der Waals surface area (Å²) in [6, 6.07) is 2.46. The molecule has 14 nitrogen and oxygen atoms in total. The number of aliphatic hydroxyl groups is 1. The molecule has 2 bridgehead atoms. The third-order valence-corrected chi connectivity index (χ3v) is 9.87. The minimum Gasteiger partial charge on any atom is -0.508 e. The molecule has 3 amide bonds. The molecule has 2 heterocycles. The van der Waals surface area contributed by atoms with E-state index in [0.717, 1.165) is 0 Å². The number of benzene rings is 1. The number of carbonyl (C=O) groups is 6. The third-order valence-electron chi connectivity index (χ3n) is 9.87. The van der Waals surface area contributed by atoms with Gasteiger partial charge in [0.05, 0.1) is 12.0 Å². The summed E-state index contributed by atoms with van der Waals surface area (Å²) in [6.45, 7) is 13.9. The number of allylic oxidation sites excluding steroid dienone is 5. The molecule has 2 aliphatic heterocycles. The second kappa shape index (κ2) is 22.2. The molecular weight excluding hydrogens is 745 g/mol. The van der Waals surface area contributed by atoms with Crippen LogP contribution in [0.3, 0.4) is 0 Å². The lowest BCUT2D eigenvalue weighted by molar-refractivity contribution is -0.156. The predicted molar refractivity (Wildman–Crippen MR) is 218 cm³/mol. The second-order valence-electron chi connectivity index (χ2n) is 16.5. The van der Waals surface area contributed by atoms with E-state index in [4.69, 9.17) is 9.47 Å². The Kier molecular flexibility index (Phi) is 18.1. The topological polar surface area (TPSA) is 201 Å². The Morgan fingerprint density at radius 1 is 1.03 bits per heavy atom. The van der Waals surface area contributed by atoms with Crippen molar-refractivity contribution in [1.29, 1.82) is 0 Å². The van der Waals surface area contributed by atoms with Gasteiger partial charge in [-0.3, -0.25) is 24.2 Å². The van der Waals surface area contributed by atoms with Crippen LogP contribution < -0.4 is 16.1 Å². The number of Topliss-reactive ketones (excluding diaryl/α,β-unsaturated/α-hetero) is 1. The molecule has 1 saturated heterocycles. The number of hydrogen-bond acceptors (Lipinski definition) is 11. The summed E-state index contributed by atoms with van der Waals surface area (Å²) in [4.78, 5) is 80.3. The summed E-state index contributed by atoms with van der Waals surface area (Å²) in [5, 5.41) is 28.6.